The van der Waals surface area contributed by atoms with Crippen LogP contribution in [0.15, 0.2) is 24.3 Å². The lowest BCUT2D eigenvalue weighted by atomic mass is 9.91. The smallest absolute Gasteiger partial charge is 0.410 e. The van der Waals surface area contributed by atoms with Crippen molar-refractivity contribution < 1.29 is 33.4 Å². The van der Waals surface area contributed by atoms with E-state index in [2.05, 4.69) is 5.32 Å². The molecule has 1 aromatic rings. The standard InChI is InChI=1S/C32H49N3O7/c1-32(2,3)42-31(39)34-18-15-23(16-19-34)12-14-28(36)35-17-7-9-25(22-35)30(38)33-26(21-29(37)41-5)13-11-24-8-6-10-27(20-24)40-4/h6,8,10,20,23,25-26H,7,9,11-19,21-22H2,1-5H3,(H,33,38)/t25-,26-/m1/s1. The van der Waals surface area contributed by atoms with Gasteiger partial charge in [0.15, 0.2) is 0 Å². The number of aryl methyl sites for hydroxylation is 1. The van der Waals surface area contributed by atoms with Crippen LogP contribution in [-0.4, -0.2) is 85.7 Å². The van der Waals surface area contributed by atoms with Crippen LogP contribution < -0.4 is 10.1 Å². The second-order valence-corrected chi connectivity index (χ2v) is 12.5. The van der Waals surface area contributed by atoms with E-state index in [1.807, 2.05) is 49.9 Å². The molecule has 0 unspecified atom stereocenters. The summed E-state index contributed by atoms with van der Waals surface area (Å²) in [5, 5.41) is 3.07. The Morgan fingerprint density at radius 3 is 2.43 bits per heavy atom. The van der Waals surface area contributed by atoms with Crippen molar-refractivity contribution in [1.29, 1.82) is 0 Å². The number of carbonyl (C=O) groups excluding carboxylic acids is 4. The van der Waals surface area contributed by atoms with Gasteiger partial charge in [0.2, 0.25) is 11.8 Å². The molecule has 42 heavy (non-hydrogen) atoms. The quantitative estimate of drug-likeness (QED) is 0.383. The Labute approximate surface area is 250 Å². The van der Waals surface area contributed by atoms with Gasteiger partial charge in [-0.2, -0.15) is 0 Å². The van der Waals surface area contributed by atoms with Gasteiger partial charge in [-0.15, -0.1) is 0 Å². The van der Waals surface area contributed by atoms with Crippen molar-refractivity contribution in [3.05, 3.63) is 29.8 Å². The SMILES string of the molecule is COC(=O)C[C@@H](CCc1cccc(OC)c1)NC(=O)[C@@H]1CCCN(C(=O)CCC2CCN(C(=O)OC(C)(C)C)CC2)C1. The second-order valence-electron chi connectivity index (χ2n) is 12.5. The summed E-state index contributed by atoms with van der Waals surface area (Å²) in [4.78, 5) is 54.3. The predicted molar refractivity (Wildman–Crippen MR) is 159 cm³/mol. The molecule has 0 spiro atoms. The summed E-state index contributed by atoms with van der Waals surface area (Å²) < 4.78 is 15.6. The molecule has 3 amide bonds. The summed E-state index contributed by atoms with van der Waals surface area (Å²) in [6.07, 6.45) is 5.48. The molecule has 0 aliphatic carbocycles. The summed E-state index contributed by atoms with van der Waals surface area (Å²) in [7, 11) is 2.97. The van der Waals surface area contributed by atoms with E-state index in [4.69, 9.17) is 14.2 Å². The maximum atomic E-state index is 13.3. The predicted octanol–water partition coefficient (Wildman–Crippen LogP) is 4.34. The van der Waals surface area contributed by atoms with E-state index in [1.54, 1.807) is 12.0 Å². The molecule has 10 heteroatoms. The number of piperidine rings is 2. The first kappa shape index (κ1) is 33.2. The molecule has 2 aliphatic heterocycles. The average Bonchev–Trinajstić information content (AvgIpc) is 2.98. The van der Waals surface area contributed by atoms with Gasteiger partial charge in [0.25, 0.3) is 0 Å². The highest BCUT2D eigenvalue weighted by Gasteiger charge is 2.31. The molecule has 1 aromatic carbocycles. The average molecular weight is 588 g/mol. The van der Waals surface area contributed by atoms with Crippen molar-refractivity contribution in [3.8, 4) is 5.75 Å². The zero-order chi connectivity index (χ0) is 30.7. The van der Waals surface area contributed by atoms with E-state index in [1.165, 1.54) is 7.11 Å². The largest absolute Gasteiger partial charge is 0.497 e. The van der Waals surface area contributed by atoms with E-state index in [-0.39, 0.29) is 42.3 Å². The lowest BCUT2D eigenvalue weighted by molar-refractivity contribution is -0.141. The van der Waals surface area contributed by atoms with Crippen LogP contribution in [0.2, 0.25) is 0 Å². The van der Waals surface area contributed by atoms with E-state index in [9.17, 15) is 19.2 Å². The monoisotopic (exact) mass is 587 g/mol. The van der Waals surface area contributed by atoms with Gasteiger partial charge >= 0.3 is 12.1 Å². The van der Waals surface area contributed by atoms with Crippen molar-refractivity contribution in [2.75, 3.05) is 40.4 Å². The van der Waals surface area contributed by atoms with Gasteiger partial charge < -0.3 is 29.3 Å². The van der Waals surface area contributed by atoms with Crippen molar-refractivity contribution in [2.45, 2.75) is 90.2 Å². The van der Waals surface area contributed by atoms with Crippen LogP contribution >= 0.6 is 0 Å². The first-order valence-corrected chi connectivity index (χ1v) is 15.2. The number of benzene rings is 1. The molecular formula is C32H49N3O7. The fourth-order valence-corrected chi connectivity index (χ4v) is 5.63. The van der Waals surface area contributed by atoms with Gasteiger partial charge in [-0.3, -0.25) is 14.4 Å². The molecule has 0 aromatic heterocycles. The van der Waals surface area contributed by atoms with Gasteiger partial charge in [0.1, 0.15) is 11.4 Å². The van der Waals surface area contributed by atoms with Crippen LogP contribution in [0.1, 0.15) is 77.7 Å². The van der Waals surface area contributed by atoms with Crippen molar-refractivity contribution in [2.24, 2.45) is 11.8 Å². The minimum absolute atomic E-state index is 0.0752. The Kier molecular flexibility index (Phi) is 12.5. The number of hydrogen-bond acceptors (Lipinski definition) is 7. The third-order valence-corrected chi connectivity index (χ3v) is 8.08. The third-order valence-electron chi connectivity index (χ3n) is 8.08. The first-order chi connectivity index (χ1) is 20.0. The zero-order valence-corrected chi connectivity index (χ0v) is 26.0. The lowest BCUT2D eigenvalue weighted by Crippen LogP contribution is -2.48. The van der Waals surface area contributed by atoms with Crippen LogP contribution in [-0.2, 0) is 30.3 Å². The molecule has 2 atom stereocenters. The van der Waals surface area contributed by atoms with E-state index >= 15 is 0 Å². The fraction of sp³-hybridized carbons (Fsp3) is 0.688. The number of carbonyl (C=O) groups is 4. The molecule has 2 heterocycles. The molecule has 2 aliphatic rings. The first-order valence-electron chi connectivity index (χ1n) is 15.2. The summed E-state index contributed by atoms with van der Waals surface area (Å²) in [6.45, 7) is 7.92. The van der Waals surface area contributed by atoms with E-state index in [0.717, 1.165) is 37.0 Å². The minimum atomic E-state index is -0.511. The number of methoxy groups -OCH3 is 2. The number of nitrogens with one attached hydrogen (secondary N) is 1. The summed E-state index contributed by atoms with van der Waals surface area (Å²) in [5.41, 5.74) is 0.547. The molecule has 0 radical (unpaired) electrons. The molecule has 10 nitrogen and oxygen atoms in total. The number of nitrogens with zero attached hydrogens (tertiary/aromatic N) is 2. The molecule has 0 saturated carbocycles. The highest BCUT2D eigenvalue weighted by Crippen LogP contribution is 2.25. The van der Waals surface area contributed by atoms with Crippen LogP contribution in [0.4, 0.5) is 4.79 Å². The van der Waals surface area contributed by atoms with Crippen LogP contribution in [0.5, 0.6) is 5.75 Å². The maximum Gasteiger partial charge on any atom is 0.410 e. The normalized spacial score (nSPS) is 18.6. The number of ether oxygens (including phenoxy) is 3. The Bertz CT molecular complexity index is 1060. The van der Waals surface area contributed by atoms with Gasteiger partial charge in [-0.1, -0.05) is 12.1 Å². The molecule has 3 rings (SSSR count). The maximum absolute atomic E-state index is 13.3. The van der Waals surface area contributed by atoms with Gasteiger partial charge in [-0.25, -0.2) is 4.79 Å². The van der Waals surface area contributed by atoms with Crippen molar-refractivity contribution >= 4 is 23.9 Å². The molecule has 0 bridgehead atoms. The number of likely N-dealkylation sites (tertiary alicyclic amines) is 2. The Morgan fingerprint density at radius 2 is 1.76 bits per heavy atom. The van der Waals surface area contributed by atoms with Gasteiger partial charge in [0.05, 0.1) is 26.6 Å². The molecule has 1 N–H and O–H groups in total. The number of esters is 1. The van der Waals surface area contributed by atoms with Crippen molar-refractivity contribution in [3.63, 3.8) is 0 Å². The van der Waals surface area contributed by atoms with Crippen LogP contribution in [0.3, 0.4) is 0 Å². The number of hydrogen-bond donors (Lipinski definition) is 1. The molecule has 234 valence electrons. The Balaban J connectivity index is 1.46. The Hall–Kier alpha value is -3.30. The van der Waals surface area contributed by atoms with Crippen LogP contribution in [0.25, 0.3) is 0 Å². The topological polar surface area (TPSA) is 114 Å². The molecule has 2 fully saturated rings. The van der Waals surface area contributed by atoms with Gasteiger partial charge in [-0.05, 0) is 89.3 Å². The summed E-state index contributed by atoms with van der Waals surface area (Å²) in [5.74, 6) is 0.423. The summed E-state index contributed by atoms with van der Waals surface area (Å²) in [6, 6.07) is 7.38. The zero-order valence-electron chi connectivity index (χ0n) is 26.0. The lowest BCUT2D eigenvalue weighted by Gasteiger charge is -2.35. The van der Waals surface area contributed by atoms with Crippen LogP contribution in [0, 0.1) is 11.8 Å². The highest BCUT2D eigenvalue weighted by atomic mass is 16.6. The molecule has 2 saturated heterocycles. The van der Waals surface area contributed by atoms with E-state index < -0.39 is 5.60 Å². The van der Waals surface area contributed by atoms with Gasteiger partial charge in [0, 0.05) is 38.6 Å². The van der Waals surface area contributed by atoms with E-state index in [0.29, 0.717) is 57.8 Å². The highest BCUT2D eigenvalue weighted by molar-refractivity contribution is 5.82. The third kappa shape index (κ3) is 10.8. The minimum Gasteiger partial charge on any atom is -0.497 e. The second kappa shape index (κ2) is 15.8. The summed E-state index contributed by atoms with van der Waals surface area (Å²) >= 11 is 0. The fourth-order valence-electron chi connectivity index (χ4n) is 5.63. The number of rotatable bonds is 11. The number of amides is 3. The molecular weight excluding hydrogens is 538 g/mol. The van der Waals surface area contributed by atoms with Crippen molar-refractivity contribution in [1.82, 2.24) is 15.1 Å². The Morgan fingerprint density at radius 1 is 1.02 bits per heavy atom.